The lowest BCUT2D eigenvalue weighted by atomic mass is 10.0. The largest absolute Gasteiger partial charge is 0.405 e. The molecule has 0 unspecified atom stereocenters. The van der Waals surface area contributed by atoms with Crippen LogP contribution in [0.25, 0.3) is 0 Å². The van der Waals surface area contributed by atoms with Crippen molar-refractivity contribution < 1.29 is 14.3 Å². The van der Waals surface area contributed by atoms with Crippen LogP contribution in [0.1, 0.15) is 27.7 Å². The summed E-state index contributed by atoms with van der Waals surface area (Å²) in [6, 6.07) is 21.2. The van der Waals surface area contributed by atoms with Gasteiger partial charge in [-0.2, -0.15) is 0 Å². The van der Waals surface area contributed by atoms with Crippen LogP contribution in [0.4, 0.5) is 0 Å². The first kappa shape index (κ1) is 24.0. The van der Waals surface area contributed by atoms with Gasteiger partial charge in [0.2, 0.25) is 0 Å². The molecule has 0 spiro atoms. The second kappa shape index (κ2) is 8.69. The van der Waals surface area contributed by atoms with Gasteiger partial charge in [-0.25, -0.2) is 0 Å². The van der Waals surface area contributed by atoms with Crippen LogP contribution in [-0.2, 0) is 9.16 Å². The average molecular weight is 453 g/mol. The van der Waals surface area contributed by atoms with Crippen molar-refractivity contribution >= 4 is 26.8 Å². The Kier molecular flexibility index (Phi) is 6.72. The normalized spacial score (nSPS) is 22.4. The SMILES string of the molecule is C[C@@H](O)[C@@]1(C#C[Si](C)(C)C)O[C@@H]1CO[Si](c1ccccc1)(c1ccccc1)C(C)(C)C. The van der Waals surface area contributed by atoms with Crippen molar-refractivity contribution in [2.24, 2.45) is 0 Å². The van der Waals surface area contributed by atoms with Crippen molar-refractivity contribution in [2.45, 2.75) is 70.2 Å². The Morgan fingerprint density at radius 3 is 1.87 bits per heavy atom. The molecule has 3 nitrogen and oxygen atoms in total. The summed E-state index contributed by atoms with van der Waals surface area (Å²) < 4.78 is 13.0. The van der Waals surface area contributed by atoms with Crippen molar-refractivity contribution in [3.05, 3.63) is 60.7 Å². The Morgan fingerprint density at radius 1 is 1.00 bits per heavy atom. The van der Waals surface area contributed by atoms with Crippen molar-refractivity contribution in [3.8, 4) is 11.5 Å². The highest BCUT2D eigenvalue weighted by molar-refractivity contribution is 6.99. The Hall–Kier alpha value is -1.69. The third kappa shape index (κ3) is 4.89. The molecule has 0 bridgehead atoms. The standard InChI is InChI=1S/C26H36O3Si2/c1-21(27)26(18-19-30(5,6)7)24(29-26)20-28-31(25(2,3)4,22-14-10-8-11-15-22)23-16-12-9-13-17-23/h8-17,21,24,27H,20H2,1-7H3/t21-,24-,26-/m1/s1. The molecule has 166 valence electrons. The van der Waals surface area contributed by atoms with Crippen LogP contribution in [0.2, 0.25) is 24.7 Å². The lowest BCUT2D eigenvalue weighted by molar-refractivity contribution is 0.121. The van der Waals surface area contributed by atoms with Crippen LogP contribution in [0.5, 0.6) is 0 Å². The topological polar surface area (TPSA) is 42.0 Å². The van der Waals surface area contributed by atoms with Gasteiger partial charge in [0, 0.05) is 0 Å². The van der Waals surface area contributed by atoms with Crippen molar-refractivity contribution in [2.75, 3.05) is 6.61 Å². The van der Waals surface area contributed by atoms with Gasteiger partial charge in [0.15, 0.2) is 5.60 Å². The first-order valence-corrected chi connectivity index (χ1v) is 16.5. The number of rotatable bonds is 6. The van der Waals surface area contributed by atoms with Crippen LogP contribution in [0, 0.1) is 11.5 Å². The Labute approximate surface area is 189 Å². The number of hydrogen-bond donors (Lipinski definition) is 1. The summed E-state index contributed by atoms with van der Waals surface area (Å²) in [6.07, 6.45) is -0.887. The van der Waals surface area contributed by atoms with Gasteiger partial charge < -0.3 is 14.3 Å². The van der Waals surface area contributed by atoms with Crippen LogP contribution >= 0.6 is 0 Å². The summed E-state index contributed by atoms with van der Waals surface area (Å²) in [6.45, 7) is 15.6. The summed E-state index contributed by atoms with van der Waals surface area (Å²) in [5, 5.41) is 12.9. The van der Waals surface area contributed by atoms with Gasteiger partial charge in [-0.05, 0) is 22.3 Å². The zero-order chi connectivity index (χ0) is 22.9. The molecule has 0 amide bonds. The highest BCUT2D eigenvalue weighted by atomic mass is 28.4. The van der Waals surface area contributed by atoms with E-state index >= 15 is 0 Å². The maximum absolute atomic E-state index is 10.5. The van der Waals surface area contributed by atoms with Crippen LogP contribution in [0.15, 0.2) is 60.7 Å². The predicted molar refractivity (Wildman–Crippen MR) is 134 cm³/mol. The maximum Gasteiger partial charge on any atom is 0.261 e. The van der Waals surface area contributed by atoms with Crippen molar-refractivity contribution in [1.29, 1.82) is 0 Å². The number of aliphatic hydroxyl groups is 1. The number of aliphatic hydroxyl groups excluding tert-OH is 1. The second-order valence-electron chi connectivity index (χ2n) is 10.5. The first-order valence-electron chi connectivity index (χ1n) is 11.1. The van der Waals surface area contributed by atoms with Crippen LogP contribution in [-0.4, -0.2) is 45.9 Å². The van der Waals surface area contributed by atoms with Gasteiger partial charge in [0.05, 0.1) is 12.7 Å². The molecular formula is C26H36O3Si2. The van der Waals surface area contributed by atoms with E-state index < -0.39 is 28.1 Å². The van der Waals surface area contributed by atoms with E-state index in [2.05, 4.69) is 100 Å². The number of hydrogen-bond acceptors (Lipinski definition) is 3. The van der Waals surface area contributed by atoms with Gasteiger partial charge in [-0.15, -0.1) is 5.54 Å². The van der Waals surface area contributed by atoms with E-state index in [1.54, 1.807) is 6.92 Å². The molecule has 1 heterocycles. The number of epoxide rings is 1. The molecule has 0 radical (unpaired) electrons. The lowest BCUT2D eigenvalue weighted by Crippen LogP contribution is -2.67. The van der Waals surface area contributed by atoms with E-state index in [-0.39, 0.29) is 11.1 Å². The zero-order valence-corrected chi connectivity index (χ0v) is 21.9. The predicted octanol–water partition coefficient (Wildman–Crippen LogP) is 3.96. The molecule has 0 aliphatic carbocycles. The van der Waals surface area contributed by atoms with E-state index in [1.165, 1.54) is 10.4 Å². The minimum Gasteiger partial charge on any atom is -0.405 e. The molecule has 1 saturated heterocycles. The van der Waals surface area contributed by atoms with Gasteiger partial charge in [-0.3, -0.25) is 0 Å². The molecule has 2 aromatic rings. The highest BCUT2D eigenvalue weighted by Gasteiger charge is 2.61. The maximum atomic E-state index is 10.5. The third-order valence-corrected chi connectivity index (χ3v) is 11.8. The average Bonchev–Trinajstić information content (AvgIpc) is 3.42. The van der Waals surface area contributed by atoms with Crippen LogP contribution in [0.3, 0.4) is 0 Å². The number of ether oxygens (including phenoxy) is 1. The lowest BCUT2D eigenvalue weighted by Gasteiger charge is -2.43. The fourth-order valence-electron chi connectivity index (χ4n) is 4.19. The monoisotopic (exact) mass is 452 g/mol. The van der Waals surface area contributed by atoms with E-state index in [9.17, 15) is 5.11 Å². The molecule has 31 heavy (non-hydrogen) atoms. The Bertz CT molecular complexity index is 894. The summed E-state index contributed by atoms with van der Waals surface area (Å²) in [5.41, 5.74) is 2.57. The molecule has 2 aromatic carbocycles. The molecule has 3 rings (SSSR count). The highest BCUT2D eigenvalue weighted by Crippen LogP contribution is 2.42. The molecular weight excluding hydrogens is 416 g/mol. The molecule has 3 atom stereocenters. The molecule has 0 aromatic heterocycles. The second-order valence-corrected chi connectivity index (χ2v) is 19.6. The fourth-order valence-corrected chi connectivity index (χ4v) is 9.32. The molecule has 1 aliphatic heterocycles. The van der Waals surface area contributed by atoms with E-state index in [4.69, 9.17) is 9.16 Å². The van der Waals surface area contributed by atoms with Gasteiger partial charge >= 0.3 is 0 Å². The Balaban J connectivity index is 1.99. The minimum absolute atomic E-state index is 0.0951. The van der Waals surface area contributed by atoms with Gasteiger partial charge in [-0.1, -0.05) is 107 Å². The van der Waals surface area contributed by atoms with Crippen LogP contribution < -0.4 is 10.4 Å². The summed E-state index contributed by atoms with van der Waals surface area (Å²) in [4.78, 5) is 0. The molecule has 1 N–H and O–H groups in total. The van der Waals surface area contributed by atoms with E-state index in [1.807, 2.05) is 12.1 Å². The molecule has 0 saturated carbocycles. The first-order chi connectivity index (χ1) is 14.4. The summed E-state index contributed by atoms with van der Waals surface area (Å²) in [7, 11) is -4.21. The third-order valence-electron chi connectivity index (χ3n) is 5.88. The zero-order valence-electron chi connectivity index (χ0n) is 19.9. The molecule has 5 heteroatoms. The fraction of sp³-hybridized carbons (Fsp3) is 0.462. The number of benzene rings is 2. The minimum atomic E-state index is -2.63. The van der Waals surface area contributed by atoms with E-state index in [0.29, 0.717) is 6.61 Å². The quantitative estimate of drug-likeness (QED) is 0.410. The van der Waals surface area contributed by atoms with E-state index in [0.717, 1.165) is 0 Å². The summed E-state index contributed by atoms with van der Waals surface area (Å²) >= 11 is 0. The Morgan fingerprint density at radius 2 is 1.48 bits per heavy atom. The molecule has 1 aliphatic rings. The van der Waals surface area contributed by atoms with Crippen molar-refractivity contribution in [3.63, 3.8) is 0 Å². The smallest absolute Gasteiger partial charge is 0.261 e. The van der Waals surface area contributed by atoms with Gasteiger partial charge in [0.1, 0.15) is 14.2 Å². The van der Waals surface area contributed by atoms with Crippen molar-refractivity contribution in [1.82, 2.24) is 0 Å². The summed E-state index contributed by atoms with van der Waals surface area (Å²) in [5.74, 6) is 3.29. The van der Waals surface area contributed by atoms with Gasteiger partial charge in [0.25, 0.3) is 8.32 Å². The molecule has 1 fully saturated rings.